The van der Waals surface area contributed by atoms with Gasteiger partial charge in [-0.2, -0.15) is 0 Å². The third-order valence-electron chi connectivity index (χ3n) is 4.45. The van der Waals surface area contributed by atoms with Crippen LogP contribution in [0, 0.1) is 0 Å². The van der Waals surface area contributed by atoms with Crippen molar-refractivity contribution in [1.82, 2.24) is 4.90 Å². The van der Waals surface area contributed by atoms with Crippen LogP contribution in [0.15, 0.2) is 29.6 Å². The SMILES string of the molecule is COc1cc2c(cc1OC)[C@H](c1cccs1)N(CC[S@@](C)=O)CC2. The number of thiophene rings is 1. The topological polar surface area (TPSA) is 38.8 Å². The van der Waals surface area contributed by atoms with Crippen LogP contribution < -0.4 is 9.47 Å². The smallest absolute Gasteiger partial charge is 0.161 e. The predicted molar refractivity (Wildman–Crippen MR) is 99.9 cm³/mol. The van der Waals surface area contributed by atoms with Gasteiger partial charge >= 0.3 is 0 Å². The van der Waals surface area contributed by atoms with Gasteiger partial charge in [0.25, 0.3) is 0 Å². The summed E-state index contributed by atoms with van der Waals surface area (Å²) in [6.45, 7) is 1.79. The van der Waals surface area contributed by atoms with Crippen molar-refractivity contribution >= 4 is 22.1 Å². The Kier molecular flexibility index (Phi) is 5.58. The first-order valence-corrected chi connectivity index (χ1v) is 10.6. The maximum Gasteiger partial charge on any atom is 0.161 e. The fraction of sp³-hybridized carbons (Fsp3) is 0.444. The Bertz CT molecular complexity index is 715. The van der Waals surface area contributed by atoms with E-state index in [2.05, 4.69) is 34.5 Å². The van der Waals surface area contributed by atoms with Gasteiger partial charge in [0.05, 0.1) is 20.3 Å². The lowest BCUT2D eigenvalue weighted by Crippen LogP contribution is -2.38. The molecule has 2 heterocycles. The zero-order valence-corrected chi connectivity index (χ0v) is 15.9. The van der Waals surface area contributed by atoms with Gasteiger partial charge < -0.3 is 9.47 Å². The Balaban J connectivity index is 2.03. The quantitative estimate of drug-likeness (QED) is 0.789. The fourth-order valence-corrected chi connectivity index (χ4v) is 4.63. The molecule has 0 fully saturated rings. The van der Waals surface area contributed by atoms with E-state index in [1.807, 2.05) is 0 Å². The lowest BCUT2D eigenvalue weighted by Gasteiger charge is -2.37. The summed E-state index contributed by atoms with van der Waals surface area (Å²) in [6.07, 6.45) is 2.74. The van der Waals surface area contributed by atoms with Crippen LogP contribution in [-0.4, -0.2) is 48.4 Å². The first kappa shape index (κ1) is 17.5. The molecule has 0 amide bonds. The van der Waals surface area contributed by atoms with Gasteiger partial charge in [-0.3, -0.25) is 9.11 Å². The maximum atomic E-state index is 11.6. The van der Waals surface area contributed by atoms with Crippen LogP contribution in [-0.2, 0) is 17.2 Å². The maximum absolute atomic E-state index is 11.6. The van der Waals surface area contributed by atoms with Gasteiger partial charge in [0.1, 0.15) is 0 Å². The van der Waals surface area contributed by atoms with Gasteiger partial charge in [0.15, 0.2) is 11.5 Å². The number of hydrogen-bond acceptors (Lipinski definition) is 5. The molecule has 0 unspecified atom stereocenters. The number of ether oxygens (including phenoxy) is 2. The van der Waals surface area contributed by atoms with Crippen LogP contribution in [0.3, 0.4) is 0 Å². The summed E-state index contributed by atoms with van der Waals surface area (Å²) in [5.41, 5.74) is 2.57. The molecule has 2 atom stereocenters. The molecular formula is C18H23NO3S2. The van der Waals surface area contributed by atoms with Crippen molar-refractivity contribution < 1.29 is 13.7 Å². The predicted octanol–water partition coefficient (Wildman–Crippen LogP) is 3.09. The second kappa shape index (κ2) is 7.68. The van der Waals surface area contributed by atoms with Gasteiger partial charge in [-0.05, 0) is 41.1 Å². The molecule has 0 saturated heterocycles. The number of nitrogens with zero attached hydrogens (tertiary/aromatic N) is 1. The fourth-order valence-electron chi connectivity index (χ4n) is 3.26. The summed E-state index contributed by atoms with van der Waals surface area (Å²) in [4.78, 5) is 3.74. The molecule has 2 aromatic rings. The van der Waals surface area contributed by atoms with Crippen LogP contribution in [0.4, 0.5) is 0 Å². The molecule has 1 aliphatic heterocycles. The molecule has 3 rings (SSSR count). The number of rotatable bonds is 6. The highest BCUT2D eigenvalue weighted by Crippen LogP contribution is 2.41. The second-order valence-corrected chi connectivity index (χ2v) is 8.42. The van der Waals surface area contributed by atoms with Crippen molar-refractivity contribution in [2.75, 3.05) is 39.3 Å². The van der Waals surface area contributed by atoms with Crippen molar-refractivity contribution in [2.24, 2.45) is 0 Å². The number of hydrogen-bond donors (Lipinski definition) is 0. The minimum absolute atomic E-state index is 0.192. The van der Waals surface area contributed by atoms with E-state index in [9.17, 15) is 4.21 Å². The van der Waals surface area contributed by atoms with E-state index in [-0.39, 0.29) is 6.04 Å². The highest BCUT2D eigenvalue weighted by Gasteiger charge is 2.30. The lowest BCUT2D eigenvalue weighted by atomic mass is 9.91. The molecule has 1 aromatic carbocycles. The Morgan fingerprint density at radius 1 is 1.29 bits per heavy atom. The van der Waals surface area contributed by atoms with Crippen LogP contribution in [0.25, 0.3) is 0 Å². The van der Waals surface area contributed by atoms with Crippen LogP contribution >= 0.6 is 11.3 Å². The van der Waals surface area contributed by atoms with E-state index in [0.717, 1.165) is 31.0 Å². The second-order valence-electron chi connectivity index (χ2n) is 5.89. The van der Waals surface area contributed by atoms with Crippen molar-refractivity contribution in [3.8, 4) is 11.5 Å². The number of benzene rings is 1. The molecule has 1 aliphatic rings. The molecular weight excluding hydrogens is 342 g/mol. The van der Waals surface area contributed by atoms with E-state index in [1.165, 1.54) is 16.0 Å². The summed E-state index contributed by atoms with van der Waals surface area (Å²) in [6, 6.07) is 8.66. The van der Waals surface area contributed by atoms with Gasteiger partial charge in [-0.15, -0.1) is 11.3 Å². The van der Waals surface area contributed by atoms with Crippen molar-refractivity contribution in [3.63, 3.8) is 0 Å². The monoisotopic (exact) mass is 365 g/mol. The Labute approximate surface area is 149 Å². The van der Waals surface area contributed by atoms with E-state index >= 15 is 0 Å². The molecule has 0 radical (unpaired) electrons. The average Bonchev–Trinajstić information content (AvgIpc) is 3.12. The highest BCUT2D eigenvalue weighted by molar-refractivity contribution is 7.84. The number of fused-ring (bicyclic) bond motifs is 1. The molecule has 0 bridgehead atoms. The highest BCUT2D eigenvalue weighted by atomic mass is 32.2. The Morgan fingerprint density at radius 3 is 2.67 bits per heavy atom. The van der Waals surface area contributed by atoms with Crippen LogP contribution in [0.5, 0.6) is 11.5 Å². The van der Waals surface area contributed by atoms with E-state index in [0.29, 0.717) is 5.75 Å². The molecule has 24 heavy (non-hydrogen) atoms. The van der Waals surface area contributed by atoms with Crippen molar-refractivity contribution in [3.05, 3.63) is 45.6 Å². The summed E-state index contributed by atoms with van der Waals surface area (Å²) >= 11 is 1.76. The van der Waals surface area contributed by atoms with E-state index < -0.39 is 10.8 Å². The van der Waals surface area contributed by atoms with E-state index in [1.54, 1.807) is 31.8 Å². The largest absolute Gasteiger partial charge is 0.493 e. The zero-order valence-electron chi connectivity index (χ0n) is 14.3. The minimum atomic E-state index is -0.781. The van der Waals surface area contributed by atoms with E-state index in [4.69, 9.17) is 9.47 Å². The van der Waals surface area contributed by atoms with Crippen molar-refractivity contribution in [2.45, 2.75) is 12.5 Å². The molecule has 0 aliphatic carbocycles. The molecule has 4 nitrogen and oxygen atoms in total. The van der Waals surface area contributed by atoms with Crippen molar-refractivity contribution in [1.29, 1.82) is 0 Å². The molecule has 130 valence electrons. The molecule has 0 N–H and O–H groups in total. The third kappa shape index (κ3) is 3.50. The summed E-state index contributed by atoms with van der Waals surface area (Å²) in [5, 5.41) is 2.11. The minimum Gasteiger partial charge on any atom is -0.493 e. The number of methoxy groups -OCH3 is 2. The van der Waals surface area contributed by atoms with Crippen LogP contribution in [0.2, 0.25) is 0 Å². The third-order valence-corrected chi connectivity index (χ3v) is 6.13. The Morgan fingerprint density at radius 2 is 2.04 bits per heavy atom. The standard InChI is InChI=1S/C18H23NO3S2/c1-21-15-11-13-6-7-19(8-10-24(3)20)18(17-5-4-9-23-17)14(13)12-16(15)22-2/h4-5,9,11-12,18H,6-8,10H2,1-3H3/t18-,24-/m1/s1. The molecule has 0 spiro atoms. The molecule has 1 aromatic heterocycles. The van der Waals surface area contributed by atoms with Gasteiger partial charge in [-0.1, -0.05) is 6.07 Å². The molecule has 6 heteroatoms. The molecule has 0 saturated carbocycles. The first-order chi connectivity index (χ1) is 11.6. The Hall–Kier alpha value is -1.37. The van der Waals surface area contributed by atoms with Gasteiger partial charge in [0, 0.05) is 40.8 Å². The van der Waals surface area contributed by atoms with Crippen LogP contribution in [0.1, 0.15) is 22.0 Å². The zero-order chi connectivity index (χ0) is 17.1. The summed E-state index contributed by atoms with van der Waals surface area (Å²) in [5.74, 6) is 2.24. The first-order valence-electron chi connectivity index (χ1n) is 7.96. The summed E-state index contributed by atoms with van der Waals surface area (Å²) in [7, 11) is 2.56. The average molecular weight is 366 g/mol. The normalized spacial score (nSPS) is 18.9. The lowest BCUT2D eigenvalue weighted by molar-refractivity contribution is 0.228. The van der Waals surface area contributed by atoms with Gasteiger partial charge in [-0.25, -0.2) is 0 Å². The van der Waals surface area contributed by atoms with Gasteiger partial charge in [0.2, 0.25) is 0 Å². The summed E-state index contributed by atoms with van der Waals surface area (Å²) < 4.78 is 22.5.